The number of amides is 1. The number of carbonyl (C=O) groups excluding carboxylic acids is 1. The molecule has 0 aliphatic carbocycles. The van der Waals surface area contributed by atoms with Crippen LogP contribution in [0.4, 0.5) is 0 Å². The van der Waals surface area contributed by atoms with E-state index in [-0.39, 0.29) is 5.91 Å². The Balaban J connectivity index is 2.28. The largest absolute Gasteiger partial charge is 0.451 e. The summed E-state index contributed by atoms with van der Waals surface area (Å²) in [5.41, 5.74) is 6.84. The Morgan fingerprint density at radius 3 is 3.00 bits per heavy atom. The lowest BCUT2D eigenvalue weighted by molar-refractivity contribution is 0.0927. The molecule has 0 saturated heterocycles. The molecule has 5 heteroatoms. The summed E-state index contributed by atoms with van der Waals surface area (Å²) >= 11 is 5.93. The normalized spacial score (nSPS) is 10.8. The predicted octanol–water partition coefficient (Wildman–Crippen LogP) is 2.47. The van der Waals surface area contributed by atoms with E-state index in [1.54, 1.807) is 18.2 Å². The molecule has 0 saturated carbocycles. The smallest absolute Gasteiger partial charge is 0.287 e. The van der Waals surface area contributed by atoms with Crippen LogP contribution in [0.1, 0.15) is 22.5 Å². The van der Waals surface area contributed by atoms with Gasteiger partial charge in [-0.05, 0) is 38.1 Å². The van der Waals surface area contributed by atoms with Crippen LogP contribution in [0, 0.1) is 6.92 Å². The molecule has 1 aromatic heterocycles. The highest BCUT2D eigenvalue weighted by Gasteiger charge is 2.17. The molecule has 3 N–H and O–H groups in total. The molecule has 0 bridgehead atoms. The van der Waals surface area contributed by atoms with E-state index >= 15 is 0 Å². The van der Waals surface area contributed by atoms with Crippen molar-refractivity contribution in [3.63, 3.8) is 0 Å². The van der Waals surface area contributed by atoms with Gasteiger partial charge < -0.3 is 15.5 Å². The molecular formula is C13H15ClN2O2. The summed E-state index contributed by atoms with van der Waals surface area (Å²) in [5, 5.41) is 4.26. The molecule has 1 heterocycles. The maximum atomic E-state index is 11.9. The summed E-state index contributed by atoms with van der Waals surface area (Å²) in [6, 6.07) is 5.30. The van der Waals surface area contributed by atoms with Crippen LogP contribution < -0.4 is 11.1 Å². The fourth-order valence-electron chi connectivity index (χ4n) is 1.79. The minimum atomic E-state index is -0.215. The maximum Gasteiger partial charge on any atom is 0.287 e. The Kier molecular flexibility index (Phi) is 3.89. The Labute approximate surface area is 110 Å². The van der Waals surface area contributed by atoms with Crippen molar-refractivity contribution in [2.75, 3.05) is 13.1 Å². The zero-order chi connectivity index (χ0) is 13.1. The highest BCUT2D eigenvalue weighted by atomic mass is 35.5. The van der Waals surface area contributed by atoms with E-state index in [9.17, 15) is 4.79 Å². The second kappa shape index (κ2) is 5.42. The fraction of sp³-hybridized carbons (Fsp3) is 0.308. The zero-order valence-corrected chi connectivity index (χ0v) is 10.9. The minimum Gasteiger partial charge on any atom is -0.451 e. The third-order valence-corrected chi connectivity index (χ3v) is 3.01. The second-order valence-corrected chi connectivity index (χ2v) is 4.53. The first-order chi connectivity index (χ1) is 8.63. The van der Waals surface area contributed by atoms with Crippen molar-refractivity contribution in [1.29, 1.82) is 0 Å². The molecule has 2 rings (SSSR count). The van der Waals surface area contributed by atoms with Gasteiger partial charge in [0.1, 0.15) is 5.58 Å². The van der Waals surface area contributed by atoms with E-state index in [2.05, 4.69) is 5.32 Å². The van der Waals surface area contributed by atoms with Gasteiger partial charge >= 0.3 is 0 Å². The van der Waals surface area contributed by atoms with Crippen LogP contribution in [0.2, 0.25) is 5.02 Å². The average molecular weight is 267 g/mol. The van der Waals surface area contributed by atoms with E-state index in [1.165, 1.54) is 0 Å². The number of aryl methyl sites for hydroxylation is 1. The number of halogens is 1. The highest BCUT2D eigenvalue weighted by Crippen LogP contribution is 2.27. The Hall–Kier alpha value is -1.52. The van der Waals surface area contributed by atoms with Crippen LogP contribution in [0.25, 0.3) is 11.0 Å². The number of hydrogen-bond acceptors (Lipinski definition) is 3. The Bertz CT molecular complexity index is 578. The number of benzene rings is 1. The minimum absolute atomic E-state index is 0.215. The van der Waals surface area contributed by atoms with Crippen molar-refractivity contribution in [2.45, 2.75) is 13.3 Å². The molecule has 2 aromatic rings. The van der Waals surface area contributed by atoms with Gasteiger partial charge in [-0.25, -0.2) is 0 Å². The SMILES string of the molecule is Cc1c(C(=O)NCCCN)oc2ccc(Cl)cc12. The van der Waals surface area contributed by atoms with Crippen LogP contribution in [0.5, 0.6) is 0 Å². The van der Waals surface area contributed by atoms with Crippen molar-refractivity contribution in [1.82, 2.24) is 5.32 Å². The Morgan fingerprint density at radius 2 is 2.28 bits per heavy atom. The molecule has 0 fully saturated rings. The summed E-state index contributed by atoms with van der Waals surface area (Å²) in [6.45, 7) is 2.95. The first-order valence-electron chi connectivity index (χ1n) is 5.80. The average Bonchev–Trinajstić information content (AvgIpc) is 2.67. The summed E-state index contributed by atoms with van der Waals surface area (Å²) in [7, 11) is 0. The van der Waals surface area contributed by atoms with E-state index < -0.39 is 0 Å². The van der Waals surface area contributed by atoms with E-state index in [1.807, 2.05) is 6.92 Å². The van der Waals surface area contributed by atoms with Crippen molar-refractivity contribution in [3.8, 4) is 0 Å². The van der Waals surface area contributed by atoms with Gasteiger partial charge in [0, 0.05) is 22.5 Å². The van der Waals surface area contributed by atoms with E-state index in [4.69, 9.17) is 21.8 Å². The first-order valence-corrected chi connectivity index (χ1v) is 6.18. The van der Waals surface area contributed by atoms with Crippen LogP contribution >= 0.6 is 11.6 Å². The molecule has 18 heavy (non-hydrogen) atoms. The van der Waals surface area contributed by atoms with Crippen molar-refractivity contribution >= 4 is 28.5 Å². The van der Waals surface area contributed by atoms with Gasteiger partial charge in [0.2, 0.25) is 0 Å². The van der Waals surface area contributed by atoms with Crippen molar-refractivity contribution in [2.24, 2.45) is 5.73 Å². The number of rotatable bonds is 4. The molecule has 4 nitrogen and oxygen atoms in total. The standard InChI is InChI=1S/C13H15ClN2O2/c1-8-10-7-9(14)3-4-11(10)18-12(8)13(17)16-6-2-5-15/h3-4,7H,2,5-6,15H2,1H3,(H,16,17). The van der Waals surface area contributed by atoms with Crippen molar-refractivity contribution in [3.05, 3.63) is 34.5 Å². The highest BCUT2D eigenvalue weighted by molar-refractivity contribution is 6.31. The first kappa shape index (κ1) is 12.9. The molecule has 0 aliphatic heterocycles. The molecule has 0 spiro atoms. The maximum absolute atomic E-state index is 11.9. The number of fused-ring (bicyclic) bond motifs is 1. The summed E-state index contributed by atoms with van der Waals surface area (Å²) < 4.78 is 5.54. The zero-order valence-electron chi connectivity index (χ0n) is 10.1. The molecule has 0 aliphatic rings. The van der Waals surface area contributed by atoms with Crippen LogP contribution in [0.15, 0.2) is 22.6 Å². The quantitative estimate of drug-likeness (QED) is 0.836. The fourth-order valence-corrected chi connectivity index (χ4v) is 1.97. The van der Waals surface area contributed by atoms with Crippen LogP contribution in [-0.2, 0) is 0 Å². The van der Waals surface area contributed by atoms with Crippen LogP contribution in [-0.4, -0.2) is 19.0 Å². The summed E-state index contributed by atoms with van der Waals surface area (Å²) in [6.07, 6.45) is 0.747. The monoisotopic (exact) mass is 266 g/mol. The molecule has 0 atom stereocenters. The number of nitrogens with one attached hydrogen (secondary N) is 1. The van der Waals surface area contributed by atoms with Gasteiger partial charge in [0.25, 0.3) is 5.91 Å². The predicted molar refractivity (Wildman–Crippen MR) is 72.0 cm³/mol. The van der Waals surface area contributed by atoms with Crippen molar-refractivity contribution < 1.29 is 9.21 Å². The van der Waals surface area contributed by atoms with Gasteiger partial charge in [-0.1, -0.05) is 11.6 Å². The third-order valence-electron chi connectivity index (χ3n) is 2.77. The molecule has 1 aromatic carbocycles. The lowest BCUT2D eigenvalue weighted by atomic mass is 10.1. The topological polar surface area (TPSA) is 68.3 Å². The van der Waals surface area contributed by atoms with Gasteiger partial charge in [-0.2, -0.15) is 0 Å². The third kappa shape index (κ3) is 2.49. The number of furan rings is 1. The Morgan fingerprint density at radius 1 is 1.50 bits per heavy atom. The lowest BCUT2D eigenvalue weighted by Crippen LogP contribution is -2.26. The number of carbonyl (C=O) groups is 1. The molecule has 0 radical (unpaired) electrons. The molecular weight excluding hydrogens is 252 g/mol. The van der Waals surface area contributed by atoms with E-state index in [0.717, 1.165) is 17.4 Å². The van der Waals surface area contributed by atoms with Crippen LogP contribution in [0.3, 0.4) is 0 Å². The van der Waals surface area contributed by atoms with E-state index in [0.29, 0.717) is 29.5 Å². The number of hydrogen-bond donors (Lipinski definition) is 2. The molecule has 0 unspecified atom stereocenters. The van der Waals surface area contributed by atoms with Gasteiger partial charge in [-0.15, -0.1) is 0 Å². The second-order valence-electron chi connectivity index (χ2n) is 4.09. The van der Waals surface area contributed by atoms with Gasteiger partial charge in [-0.3, -0.25) is 4.79 Å². The summed E-state index contributed by atoms with van der Waals surface area (Å²) in [4.78, 5) is 11.9. The summed E-state index contributed by atoms with van der Waals surface area (Å²) in [5.74, 6) is 0.123. The lowest BCUT2D eigenvalue weighted by Gasteiger charge is -2.01. The van der Waals surface area contributed by atoms with Gasteiger partial charge in [0.05, 0.1) is 0 Å². The molecule has 96 valence electrons. The van der Waals surface area contributed by atoms with Gasteiger partial charge in [0.15, 0.2) is 5.76 Å². The molecule has 1 amide bonds. The number of nitrogens with two attached hydrogens (primary N) is 1.